The molecule has 0 aliphatic heterocycles. The summed E-state index contributed by atoms with van der Waals surface area (Å²) in [5.74, 6) is 2.22. The molecule has 0 spiro atoms. The predicted octanol–water partition coefficient (Wildman–Crippen LogP) is 3.31. The number of hydrogen-bond donors (Lipinski definition) is 2. The molecule has 0 aliphatic rings. The number of hydrogen-bond acceptors (Lipinski definition) is 4. The van der Waals surface area contributed by atoms with Crippen LogP contribution in [0.3, 0.4) is 0 Å². The second-order valence-electron chi connectivity index (χ2n) is 4.26. The maximum atomic E-state index is 5.72. The summed E-state index contributed by atoms with van der Waals surface area (Å²) < 4.78 is 0. The highest BCUT2D eigenvalue weighted by molar-refractivity contribution is 7.98. The first-order chi connectivity index (χ1) is 8.24. The van der Waals surface area contributed by atoms with Crippen LogP contribution in [-0.4, -0.2) is 23.5 Å². The number of unbranched alkanes of at least 4 members (excludes halogenated alkanes) is 3. The zero-order chi connectivity index (χ0) is 12.5. The average molecular weight is 253 g/mol. The maximum Gasteiger partial charge on any atom is 0.126 e. The second-order valence-corrected chi connectivity index (χ2v) is 5.25. The molecule has 0 amide bonds. The highest BCUT2D eigenvalue weighted by Gasteiger charge is 1.97. The number of aryl methyl sites for hydroxylation is 1. The van der Waals surface area contributed by atoms with E-state index in [2.05, 4.69) is 16.6 Å². The van der Waals surface area contributed by atoms with E-state index in [9.17, 15) is 0 Å². The Morgan fingerprint density at radius 2 is 2.06 bits per heavy atom. The van der Waals surface area contributed by atoms with Crippen LogP contribution in [-0.2, 0) is 0 Å². The lowest BCUT2D eigenvalue weighted by Gasteiger charge is -2.07. The van der Waals surface area contributed by atoms with Gasteiger partial charge < -0.3 is 11.1 Å². The fourth-order valence-electron chi connectivity index (χ4n) is 1.60. The van der Waals surface area contributed by atoms with Crippen molar-refractivity contribution in [1.82, 2.24) is 4.98 Å². The van der Waals surface area contributed by atoms with Gasteiger partial charge in [0.25, 0.3) is 0 Å². The number of thioether (sulfide) groups is 1. The fraction of sp³-hybridized carbons (Fsp3) is 0.615. The SMILES string of the molecule is CSCCCCCCNc1cc(C)c(N)cn1. The van der Waals surface area contributed by atoms with Crippen molar-refractivity contribution < 1.29 is 0 Å². The van der Waals surface area contributed by atoms with Gasteiger partial charge in [0, 0.05) is 6.54 Å². The van der Waals surface area contributed by atoms with Crippen LogP contribution in [0.1, 0.15) is 31.2 Å². The minimum atomic E-state index is 0.757. The number of nitrogens with zero attached hydrogens (tertiary/aromatic N) is 1. The minimum absolute atomic E-state index is 0.757. The van der Waals surface area contributed by atoms with Crippen LogP contribution in [0.25, 0.3) is 0 Å². The average Bonchev–Trinajstić information content (AvgIpc) is 2.32. The van der Waals surface area contributed by atoms with Gasteiger partial charge in [-0.2, -0.15) is 11.8 Å². The summed E-state index contributed by atoms with van der Waals surface area (Å²) in [6.45, 7) is 3.00. The van der Waals surface area contributed by atoms with Gasteiger partial charge in [-0.1, -0.05) is 12.8 Å². The smallest absolute Gasteiger partial charge is 0.126 e. The Morgan fingerprint density at radius 3 is 2.76 bits per heavy atom. The zero-order valence-electron chi connectivity index (χ0n) is 10.8. The lowest BCUT2D eigenvalue weighted by molar-refractivity contribution is 0.688. The number of nitrogens with one attached hydrogen (secondary N) is 1. The Labute approximate surface area is 109 Å². The van der Waals surface area contributed by atoms with E-state index in [1.54, 1.807) is 6.20 Å². The Morgan fingerprint density at radius 1 is 1.29 bits per heavy atom. The van der Waals surface area contributed by atoms with E-state index < -0.39 is 0 Å². The fourth-order valence-corrected chi connectivity index (χ4v) is 2.10. The molecule has 0 radical (unpaired) electrons. The third kappa shape index (κ3) is 5.82. The molecule has 0 fully saturated rings. The first-order valence-electron chi connectivity index (χ1n) is 6.19. The Kier molecular flexibility index (Phi) is 6.86. The van der Waals surface area contributed by atoms with Gasteiger partial charge in [-0.05, 0) is 43.4 Å². The van der Waals surface area contributed by atoms with E-state index in [1.165, 1.54) is 31.4 Å². The molecule has 0 bridgehead atoms. The first kappa shape index (κ1) is 14.2. The van der Waals surface area contributed by atoms with Crippen molar-refractivity contribution in [3.8, 4) is 0 Å². The summed E-state index contributed by atoms with van der Waals surface area (Å²) in [5, 5.41) is 3.33. The Bertz CT molecular complexity index is 328. The summed E-state index contributed by atoms with van der Waals surface area (Å²) in [7, 11) is 0. The molecule has 1 heterocycles. The van der Waals surface area contributed by atoms with Crippen molar-refractivity contribution in [2.24, 2.45) is 0 Å². The van der Waals surface area contributed by atoms with Crippen LogP contribution in [0.4, 0.5) is 11.5 Å². The summed E-state index contributed by atoms with van der Waals surface area (Å²) in [4.78, 5) is 4.25. The van der Waals surface area contributed by atoms with E-state index in [-0.39, 0.29) is 0 Å². The predicted molar refractivity (Wildman–Crippen MR) is 78.7 cm³/mol. The summed E-state index contributed by atoms with van der Waals surface area (Å²) in [6, 6.07) is 2.00. The van der Waals surface area contributed by atoms with E-state index in [0.29, 0.717) is 0 Å². The van der Waals surface area contributed by atoms with Crippen LogP contribution in [0.5, 0.6) is 0 Å². The van der Waals surface area contributed by atoms with Gasteiger partial charge >= 0.3 is 0 Å². The lowest BCUT2D eigenvalue weighted by atomic mass is 10.2. The third-order valence-electron chi connectivity index (χ3n) is 2.73. The molecule has 1 rings (SSSR count). The normalized spacial score (nSPS) is 10.5. The maximum absolute atomic E-state index is 5.72. The molecule has 96 valence electrons. The third-order valence-corrected chi connectivity index (χ3v) is 3.43. The van der Waals surface area contributed by atoms with Crippen LogP contribution >= 0.6 is 11.8 Å². The van der Waals surface area contributed by atoms with Crippen molar-refractivity contribution in [3.05, 3.63) is 17.8 Å². The quantitative estimate of drug-likeness (QED) is 0.698. The summed E-state index contributed by atoms with van der Waals surface area (Å²) in [6.07, 6.45) is 9.05. The van der Waals surface area contributed by atoms with Gasteiger partial charge in [-0.15, -0.1) is 0 Å². The van der Waals surface area contributed by atoms with E-state index >= 15 is 0 Å². The minimum Gasteiger partial charge on any atom is -0.397 e. The lowest BCUT2D eigenvalue weighted by Crippen LogP contribution is -2.04. The molecule has 0 atom stereocenters. The van der Waals surface area contributed by atoms with Gasteiger partial charge in [0.2, 0.25) is 0 Å². The molecule has 0 aromatic carbocycles. The number of rotatable bonds is 8. The van der Waals surface area contributed by atoms with Crippen LogP contribution < -0.4 is 11.1 Å². The molecule has 4 heteroatoms. The van der Waals surface area contributed by atoms with Gasteiger partial charge in [-0.25, -0.2) is 4.98 Å². The Hall–Kier alpha value is -0.900. The summed E-state index contributed by atoms with van der Waals surface area (Å²) in [5.41, 5.74) is 7.56. The highest BCUT2D eigenvalue weighted by atomic mass is 32.2. The molecule has 3 nitrogen and oxygen atoms in total. The number of pyridine rings is 1. The second kappa shape index (κ2) is 8.23. The molecule has 1 aromatic rings. The zero-order valence-corrected chi connectivity index (χ0v) is 11.6. The van der Waals surface area contributed by atoms with Crippen molar-refractivity contribution in [2.75, 3.05) is 29.6 Å². The van der Waals surface area contributed by atoms with Crippen LogP contribution in [0.2, 0.25) is 0 Å². The van der Waals surface area contributed by atoms with E-state index in [1.807, 2.05) is 24.8 Å². The van der Waals surface area contributed by atoms with Crippen LogP contribution in [0, 0.1) is 6.92 Å². The monoisotopic (exact) mass is 253 g/mol. The number of nitrogen functional groups attached to an aromatic ring is 1. The van der Waals surface area contributed by atoms with Gasteiger partial charge in [0.15, 0.2) is 0 Å². The molecule has 0 unspecified atom stereocenters. The number of anilines is 2. The molecule has 3 N–H and O–H groups in total. The molecule has 0 saturated carbocycles. The van der Waals surface area contributed by atoms with Gasteiger partial charge in [-0.3, -0.25) is 0 Å². The molecule has 1 aromatic heterocycles. The number of aromatic nitrogens is 1. The number of nitrogens with two attached hydrogens (primary N) is 1. The summed E-state index contributed by atoms with van der Waals surface area (Å²) >= 11 is 1.93. The Balaban J connectivity index is 2.11. The molecule has 0 aliphatic carbocycles. The van der Waals surface area contributed by atoms with Crippen molar-refractivity contribution in [2.45, 2.75) is 32.6 Å². The van der Waals surface area contributed by atoms with Crippen molar-refractivity contribution in [3.63, 3.8) is 0 Å². The first-order valence-corrected chi connectivity index (χ1v) is 7.58. The molecule has 0 saturated heterocycles. The van der Waals surface area contributed by atoms with Crippen LogP contribution in [0.15, 0.2) is 12.3 Å². The van der Waals surface area contributed by atoms with Crippen molar-refractivity contribution in [1.29, 1.82) is 0 Å². The van der Waals surface area contributed by atoms with E-state index in [4.69, 9.17) is 5.73 Å². The van der Waals surface area contributed by atoms with Crippen molar-refractivity contribution >= 4 is 23.3 Å². The van der Waals surface area contributed by atoms with E-state index in [0.717, 1.165) is 23.6 Å². The van der Waals surface area contributed by atoms with Gasteiger partial charge in [0.05, 0.1) is 11.9 Å². The highest BCUT2D eigenvalue weighted by Crippen LogP contribution is 2.13. The molecular weight excluding hydrogens is 230 g/mol. The molecular formula is C13H23N3S. The topological polar surface area (TPSA) is 50.9 Å². The standard InChI is InChI=1S/C13H23N3S/c1-11-9-13(16-10-12(11)14)15-7-5-3-4-6-8-17-2/h9-10H,3-8,14H2,1-2H3,(H,15,16). The molecule has 17 heavy (non-hydrogen) atoms. The van der Waals surface area contributed by atoms with Gasteiger partial charge in [0.1, 0.15) is 5.82 Å². The largest absolute Gasteiger partial charge is 0.397 e.